The predicted molar refractivity (Wildman–Crippen MR) is 103 cm³/mol. The van der Waals surface area contributed by atoms with Gasteiger partial charge in [-0.15, -0.1) is 0 Å². The van der Waals surface area contributed by atoms with Gasteiger partial charge in [-0.2, -0.15) is 5.10 Å². The van der Waals surface area contributed by atoms with Crippen LogP contribution in [0.3, 0.4) is 0 Å². The number of hydrogen-bond donors (Lipinski definition) is 0. The molecule has 2 aliphatic rings. The van der Waals surface area contributed by atoms with Gasteiger partial charge >= 0.3 is 5.69 Å². The van der Waals surface area contributed by atoms with Gasteiger partial charge in [0.2, 0.25) is 10.0 Å². The van der Waals surface area contributed by atoms with Gasteiger partial charge in [-0.3, -0.25) is 4.57 Å². The summed E-state index contributed by atoms with van der Waals surface area (Å²) in [5, 5.41) is 4.33. The molecule has 154 valence electrons. The van der Waals surface area contributed by atoms with Crippen molar-refractivity contribution in [1.82, 2.24) is 18.7 Å². The van der Waals surface area contributed by atoms with Gasteiger partial charge in [0.1, 0.15) is 5.82 Å². The van der Waals surface area contributed by atoms with Crippen LogP contribution in [-0.2, 0) is 27.8 Å². The van der Waals surface area contributed by atoms with Crippen LogP contribution in [0.15, 0.2) is 4.79 Å². The Morgan fingerprint density at radius 3 is 2.37 bits per heavy atom. The van der Waals surface area contributed by atoms with Crippen LogP contribution >= 0.6 is 0 Å². The zero-order chi connectivity index (χ0) is 19.4. The quantitative estimate of drug-likeness (QED) is 0.693. The third-order valence-corrected chi connectivity index (χ3v) is 8.33. The number of methoxy groups -OCH3 is 1. The monoisotopic (exact) mass is 400 g/mol. The summed E-state index contributed by atoms with van der Waals surface area (Å²) in [7, 11) is -1.60. The van der Waals surface area contributed by atoms with E-state index in [9.17, 15) is 13.2 Å². The molecule has 1 saturated heterocycles. The Balaban J connectivity index is 1.69. The lowest BCUT2D eigenvalue weighted by Gasteiger charge is -2.34. The highest BCUT2D eigenvalue weighted by atomic mass is 32.2. The maximum Gasteiger partial charge on any atom is 0.345 e. The topological polar surface area (TPSA) is 86.4 Å². The van der Waals surface area contributed by atoms with Gasteiger partial charge in [0.25, 0.3) is 0 Å². The molecule has 0 radical (unpaired) electrons. The number of rotatable bonds is 7. The Kier molecular flexibility index (Phi) is 6.75. The number of ether oxygens (including phenoxy) is 1. The first kappa shape index (κ1) is 20.5. The Bertz CT molecular complexity index is 772. The summed E-state index contributed by atoms with van der Waals surface area (Å²) in [5.41, 5.74) is -0.109. The van der Waals surface area contributed by atoms with Crippen molar-refractivity contribution in [2.75, 3.05) is 26.8 Å². The van der Waals surface area contributed by atoms with Crippen molar-refractivity contribution in [3.63, 3.8) is 0 Å². The van der Waals surface area contributed by atoms with E-state index >= 15 is 0 Å². The third-order valence-electron chi connectivity index (χ3n) is 5.93. The molecule has 0 aromatic carbocycles. The molecule has 3 rings (SSSR count). The predicted octanol–water partition coefficient (Wildman–Crippen LogP) is 1.55. The molecule has 2 fully saturated rings. The van der Waals surface area contributed by atoms with Crippen LogP contribution in [-0.4, -0.2) is 59.1 Å². The largest absolute Gasteiger partial charge is 0.383 e. The summed E-state index contributed by atoms with van der Waals surface area (Å²) in [5.74, 6) is 0.910. The highest BCUT2D eigenvalue weighted by Crippen LogP contribution is 2.31. The Hall–Kier alpha value is -1.19. The van der Waals surface area contributed by atoms with Crippen LogP contribution in [0.4, 0.5) is 0 Å². The van der Waals surface area contributed by atoms with Crippen LogP contribution in [0.5, 0.6) is 0 Å². The van der Waals surface area contributed by atoms with E-state index in [0.29, 0.717) is 45.6 Å². The van der Waals surface area contributed by atoms with Gasteiger partial charge in [0.05, 0.1) is 18.4 Å². The average Bonchev–Trinajstić information content (AvgIpc) is 3.02. The van der Waals surface area contributed by atoms with E-state index in [4.69, 9.17) is 4.74 Å². The lowest BCUT2D eigenvalue weighted by Crippen LogP contribution is -2.44. The number of aromatic nitrogens is 3. The molecule has 0 N–H and O–H groups in total. The summed E-state index contributed by atoms with van der Waals surface area (Å²) in [6.07, 6.45) is 6.20. The summed E-state index contributed by atoms with van der Waals surface area (Å²) in [6, 6.07) is 0. The minimum atomic E-state index is -3.20. The zero-order valence-corrected chi connectivity index (χ0v) is 17.3. The summed E-state index contributed by atoms with van der Waals surface area (Å²) < 4.78 is 35.8. The fraction of sp³-hybridized carbons (Fsp3) is 0.889. The molecule has 0 unspecified atom stereocenters. The fourth-order valence-electron chi connectivity index (χ4n) is 4.32. The van der Waals surface area contributed by atoms with Gasteiger partial charge in [-0.1, -0.05) is 19.3 Å². The van der Waals surface area contributed by atoms with Crippen LogP contribution in [0, 0.1) is 0 Å². The Labute approximate surface area is 161 Å². The lowest BCUT2D eigenvalue weighted by atomic mass is 9.97. The molecule has 8 nitrogen and oxygen atoms in total. The standard InChI is InChI=1S/C18H32N4O4S/c1-3-21-17(19-22(18(21)23)13-14-26-2)15-9-11-20(12-10-15)27(24,25)16-7-5-4-6-8-16/h15-16H,3-14H2,1-2H3. The van der Waals surface area contributed by atoms with E-state index in [-0.39, 0.29) is 16.9 Å². The molecule has 1 aliphatic heterocycles. The molecule has 1 aromatic rings. The smallest absolute Gasteiger partial charge is 0.345 e. The maximum atomic E-state index is 12.9. The van der Waals surface area contributed by atoms with E-state index in [1.54, 1.807) is 16.0 Å². The third kappa shape index (κ3) is 4.30. The molecular formula is C18H32N4O4S. The van der Waals surface area contributed by atoms with Gasteiger partial charge in [0.15, 0.2) is 0 Å². The number of nitrogens with zero attached hydrogens (tertiary/aromatic N) is 4. The first-order chi connectivity index (χ1) is 13.0. The van der Waals surface area contributed by atoms with Crippen molar-refractivity contribution < 1.29 is 13.2 Å². The summed E-state index contributed by atoms with van der Waals surface area (Å²) in [4.78, 5) is 12.5. The van der Waals surface area contributed by atoms with Gasteiger partial charge in [-0.05, 0) is 32.6 Å². The second kappa shape index (κ2) is 8.87. The molecule has 0 atom stereocenters. The lowest BCUT2D eigenvalue weighted by molar-refractivity contribution is 0.182. The van der Waals surface area contributed by atoms with E-state index < -0.39 is 10.0 Å². The van der Waals surface area contributed by atoms with Crippen LogP contribution in [0.2, 0.25) is 0 Å². The van der Waals surface area contributed by atoms with Crippen molar-refractivity contribution in [2.24, 2.45) is 0 Å². The second-order valence-corrected chi connectivity index (χ2v) is 9.79. The molecule has 0 spiro atoms. The van der Waals surface area contributed by atoms with E-state index in [0.717, 1.165) is 37.9 Å². The molecule has 2 heterocycles. The van der Waals surface area contributed by atoms with Crippen molar-refractivity contribution in [3.8, 4) is 0 Å². The Morgan fingerprint density at radius 1 is 1.11 bits per heavy atom. The molecular weight excluding hydrogens is 368 g/mol. The van der Waals surface area contributed by atoms with Crippen molar-refractivity contribution >= 4 is 10.0 Å². The number of sulfonamides is 1. The summed E-state index contributed by atoms with van der Waals surface area (Å²) >= 11 is 0. The van der Waals surface area contributed by atoms with E-state index in [1.165, 1.54) is 4.68 Å². The number of hydrogen-bond acceptors (Lipinski definition) is 5. The zero-order valence-electron chi connectivity index (χ0n) is 16.5. The van der Waals surface area contributed by atoms with Gasteiger partial charge in [-0.25, -0.2) is 22.2 Å². The first-order valence-corrected chi connectivity index (χ1v) is 11.6. The Morgan fingerprint density at radius 2 is 1.78 bits per heavy atom. The molecule has 1 aliphatic carbocycles. The minimum Gasteiger partial charge on any atom is -0.383 e. The second-order valence-electron chi connectivity index (χ2n) is 7.58. The molecule has 27 heavy (non-hydrogen) atoms. The fourth-order valence-corrected chi connectivity index (χ4v) is 6.39. The molecule has 9 heteroatoms. The van der Waals surface area contributed by atoms with Crippen molar-refractivity contribution in [2.45, 2.75) is 76.1 Å². The van der Waals surface area contributed by atoms with Gasteiger partial charge in [0, 0.05) is 32.7 Å². The summed E-state index contributed by atoms with van der Waals surface area (Å²) in [6.45, 7) is 4.43. The van der Waals surface area contributed by atoms with Crippen LogP contribution in [0.1, 0.15) is 63.6 Å². The minimum absolute atomic E-state index is 0.109. The molecule has 1 saturated carbocycles. The molecule has 0 bridgehead atoms. The molecule has 0 amide bonds. The normalized spacial score (nSPS) is 21.0. The van der Waals surface area contributed by atoms with Crippen molar-refractivity contribution in [3.05, 3.63) is 16.3 Å². The average molecular weight is 401 g/mol. The first-order valence-electron chi connectivity index (χ1n) is 10.1. The SMILES string of the molecule is CCn1c(C2CCN(S(=O)(=O)C3CCCCC3)CC2)nn(CCOC)c1=O. The van der Waals surface area contributed by atoms with Gasteiger partial charge < -0.3 is 4.74 Å². The van der Waals surface area contributed by atoms with Crippen LogP contribution < -0.4 is 5.69 Å². The maximum absolute atomic E-state index is 12.9. The van der Waals surface area contributed by atoms with E-state index in [1.807, 2.05) is 6.92 Å². The molecule has 1 aromatic heterocycles. The van der Waals surface area contributed by atoms with Crippen molar-refractivity contribution in [1.29, 1.82) is 0 Å². The highest BCUT2D eigenvalue weighted by Gasteiger charge is 2.36. The number of piperidine rings is 1. The highest BCUT2D eigenvalue weighted by molar-refractivity contribution is 7.89. The van der Waals surface area contributed by atoms with Crippen LogP contribution in [0.25, 0.3) is 0 Å². The van der Waals surface area contributed by atoms with E-state index in [2.05, 4.69) is 5.10 Å².